The van der Waals surface area contributed by atoms with Crippen LogP contribution in [0.3, 0.4) is 0 Å². The molecule has 0 aromatic rings. The molecule has 0 saturated heterocycles. The van der Waals surface area contributed by atoms with Crippen LogP contribution < -0.4 is 0 Å². The van der Waals surface area contributed by atoms with Gasteiger partial charge in [-0.1, -0.05) is 6.58 Å². The van der Waals surface area contributed by atoms with Gasteiger partial charge in [0.25, 0.3) is 0 Å². The Morgan fingerprint density at radius 1 is 2.00 bits per heavy atom. The van der Waals surface area contributed by atoms with Gasteiger partial charge in [-0.05, 0) is 6.08 Å². The normalized spacial score (nSPS) is 7.50. The molecule has 2 heteroatoms. The van der Waals surface area contributed by atoms with Crippen molar-refractivity contribution in [3.05, 3.63) is 12.7 Å². The predicted octanol–water partition coefficient (Wildman–Crippen LogP) is 1.43. The van der Waals surface area contributed by atoms with E-state index in [9.17, 15) is 0 Å². The van der Waals surface area contributed by atoms with Gasteiger partial charge in [-0.2, -0.15) is 0 Å². The zero-order valence-corrected chi connectivity index (χ0v) is 4.13. The van der Waals surface area contributed by atoms with E-state index in [2.05, 4.69) is 6.58 Å². The third-order valence-electron chi connectivity index (χ3n) is 0.390. The van der Waals surface area contributed by atoms with Gasteiger partial charge in [0.1, 0.15) is 0 Å². The van der Waals surface area contributed by atoms with Crippen LogP contribution in [-0.2, 0) is 0 Å². The van der Waals surface area contributed by atoms with Crippen LogP contribution in [0.5, 0.6) is 0 Å². The molecule has 0 bridgehead atoms. The summed E-state index contributed by atoms with van der Waals surface area (Å²) in [7, 11) is 0. The lowest BCUT2D eigenvalue weighted by atomic mass is 10.4. The first-order chi connectivity index (χ1) is 2.81. The van der Waals surface area contributed by atoms with Crippen molar-refractivity contribution < 1.29 is 0 Å². The van der Waals surface area contributed by atoms with Gasteiger partial charge in [0, 0.05) is 5.71 Å². The van der Waals surface area contributed by atoms with Crippen LogP contribution >= 0.6 is 11.6 Å². The lowest BCUT2D eigenvalue weighted by molar-refractivity contribution is 1.50. The molecule has 0 aliphatic heterocycles. The minimum atomic E-state index is 0.267. The lowest BCUT2D eigenvalue weighted by Crippen LogP contribution is -1.87. The Balaban J connectivity index is 3.23. The third-order valence-corrected chi connectivity index (χ3v) is 0.678. The van der Waals surface area contributed by atoms with E-state index < -0.39 is 0 Å². The van der Waals surface area contributed by atoms with Crippen LogP contribution in [0.2, 0.25) is 0 Å². The number of hydrogen-bond donors (Lipinski definition) is 1. The smallest absolute Gasteiger partial charge is 0.0639 e. The number of nitrogens with one attached hydrogen (secondary N) is 1. The number of alkyl halides is 1. The van der Waals surface area contributed by atoms with E-state index in [-0.39, 0.29) is 5.88 Å². The fourth-order valence-corrected chi connectivity index (χ4v) is 0.164. The highest BCUT2D eigenvalue weighted by atomic mass is 35.5. The van der Waals surface area contributed by atoms with Crippen LogP contribution in [0, 0.1) is 5.41 Å². The van der Waals surface area contributed by atoms with Gasteiger partial charge in [-0.15, -0.1) is 11.6 Å². The highest BCUT2D eigenvalue weighted by Crippen LogP contribution is 1.76. The Bertz CT molecular complexity index is 67.9. The molecule has 0 amide bonds. The predicted molar refractivity (Wildman–Crippen MR) is 28.6 cm³/mol. The van der Waals surface area contributed by atoms with Crippen molar-refractivity contribution in [2.75, 3.05) is 5.88 Å². The first-order valence-electron chi connectivity index (χ1n) is 1.57. The molecule has 0 heterocycles. The first kappa shape index (κ1) is 5.70. The first-order valence-corrected chi connectivity index (χ1v) is 2.10. The number of halogens is 1. The molecule has 0 aliphatic carbocycles. The van der Waals surface area contributed by atoms with E-state index in [0.717, 1.165) is 0 Å². The minimum absolute atomic E-state index is 0.267. The summed E-state index contributed by atoms with van der Waals surface area (Å²) in [6.45, 7) is 3.32. The Labute approximate surface area is 42.1 Å². The van der Waals surface area contributed by atoms with Crippen LogP contribution in [0.4, 0.5) is 0 Å². The molecule has 0 aromatic carbocycles. The topological polar surface area (TPSA) is 23.9 Å². The molecular formula is C4H6ClN. The molecule has 0 aromatic heterocycles. The van der Waals surface area contributed by atoms with Gasteiger partial charge in [0.05, 0.1) is 5.88 Å². The monoisotopic (exact) mass is 103 g/mol. The van der Waals surface area contributed by atoms with Crippen LogP contribution in [0.1, 0.15) is 0 Å². The Hall–Kier alpha value is -0.300. The number of allylic oxidation sites excluding steroid dienone is 1. The maximum Gasteiger partial charge on any atom is 0.0639 e. The minimum Gasteiger partial charge on any atom is -0.304 e. The van der Waals surface area contributed by atoms with E-state index in [1.807, 2.05) is 0 Å². The van der Waals surface area contributed by atoms with Gasteiger partial charge in [-0.3, -0.25) is 0 Å². The summed E-state index contributed by atoms with van der Waals surface area (Å²) in [6, 6.07) is 0. The second kappa shape index (κ2) is 2.91. The van der Waals surface area contributed by atoms with E-state index in [0.29, 0.717) is 5.71 Å². The fraction of sp³-hybridized carbons (Fsp3) is 0.250. The van der Waals surface area contributed by atoms with Crippen molar-refractivity contribution in [1.29, 1.82) is 5.41 Å². The molecular weight excluding hydrogens is 97.5 g/mol. The summed E-state index contributed by atoms with van der Waals surface area (Å²) in [6.07, 6.45) is 1.42. The van der Waals surface area contributed by atoms with E-state index in [1.54, 1.807) is 0 Å². The fourth-order valence-electron chi connectivity index (χ4n) is 0.0546. The molecule has 1 nitrogen and oxygen atoms in total. The molecule has 0 rings (SSSR count). The Morgan fingerprint density at radius 2 is 2.50 bits per heavy atom. The summed E-state index contributed by atoms with van der Waals surface area (Å²) >= 11 is 5.16. The molecule has 0 aliphatic rings. The summed E-state index contributed by atoms with van der Waals surface area (Å²) < 4.78 is 0. The van der Waals surface area contributed by atoms with Crippen molar-refractivity contribution in [1.82, 2.24) is 0 Å². The molecule has 0 atom stereocenters. The molecule has 0 unspecified atom stereocenters. The molecule has 0 fully saturated rings. The standard InChI is InChI=1S/C4H6ClN/c1-2-4(6)3-5/h2,6H,1,3H2. The Morgan fingerprint density at radius 3 is 2.50 bits per heavy atom. The van der Waals surface area contributed by atoms with Crippen LogP contribution in [0.15, 0.2) is 12.7 Å². The number of hydrogen-bond acceptors (Lipinski definition) is 1. The summed E-state index contributed by atoms with van der Waals surface area (Å²) in [5.41, 5.74) is 0.372. The highest BCUT2D eigenvalue weighted by Gasteiger charge is 1.78. The van der Waals surface area contributed by atoms with Gasteiger partial charge < -0.3 is 5.41 Å². The average molecular weight is 104 g/mol. The molecule has 34 valence electrons. The molecule has 0 radical (unpaired) electrons. The van der Waals surface area contributed by atoms with Crippen molar-refractivity contribution in [2.45, 2.75) is 0 Å². The molecule has 1 N–H and O–H groups in total. The zero-order valence-electron chi connectivity index (χ0n) is 3.37. The second-order valence-electron chi connectivity index (χ2n) is 0.863. The van der Waals surface area contributed by atoms with E-state index >= 15 is 0 Å². The van der Waals surface area contributed by atoms with Crippen LogP contribution in [0.25, 0.3) is 0 Å². The summed E-state index contributed by atoms with van der Waals surface area (Å²) in [5, 5.41) is 6.74. The lowest BCUT2D eigenvalue weighted by Gasteiger charge is -1.78. The molecule has 6 heavy (non-hydrogen) atoms. The molecule has 0 spiro atoms. The van der Waals surface area contributed by atoms with Crippen LogP contribution in [-0.4, -0.2) is 11.6 Å². The van der Waals surface area contributed by atoms with Gasteiger partial charge in [0.15, 0.2) is 0 Å². The van der Waals surface area contributed by atoms with Crippen molar-refractivity contribution in [3.8, 4) is 0 Å². The average Bonchev–Trinajstić information content (AvgIpc) is 1.65. The highest BCUT2D eigenvalue weighted by molar-refractivity contribution is 6.29. The maximum absolute atomic E-state index is 6.74. The van der Waals surface area contributed by atoms with Gasteiger partial charge in [0.2, 0.25) is 0 Å². The zero-order chi connectivity index (χ0) is 4.99. The third kappa shape index (κ3) is 1.97. The van der Waals surface area contributed by atoms with E-state index in [4.69, 9.17) is 17.0 Å². The van der Waals surface area contributed by atoms with Crippen molar-refractivity contribution in [3.63, 3.8) is 0 Å². The summed E-state index contributed by atoms with van der Waals surface area (Å²) in [4.78, 5) is 0. The van der Waals surface area contributed by atoms with Crippen molar-refractivity contribution >= 4 is 17.3 Å². The Kier molecular flexibility index (Phi) is 2.77. The largest absolute Gasteiger partial charge is 0.304 e. The van der Waals surface area contributed by atoms with Gasteiger partial charge in [-0.25, -0.2) is 0 Å². The summed E-state index contributed by atoms with van der Waals surface area (Å²) in [5.74, 6) is 0.267. The van der Waals surface area contributed by atoms with E-state index in [1.165, 1.54) is 6.08 Å². The maximum atomic E-state index is 6.74. The quantitative estimate of drug-likeness (QED) is 0.404. The second-order valence-corrected chi connectivity index (χ2v) is 1.13. The SMILES string of the molecule is C=CC(=N)CCl. The van der Waals surface area contributed by atoms with Crippen molar-refractivity contribution in [2.24, 2.45) is 0 Å². The number of rotatable bonds is 2. The molecule has 0 saturated carbocycles. The van der Waals surface area contributed by atoms with Gasteiger partial charge >= 0.3 is 0 Å².